The molecule has 1 heterocycles. The van der Waals surface area contributed by atoms with Gasteiger partial charge in [-0.2, -0.15) is 0 Å². The van der Waals surface area contributed by atoms with E-state index >= 15 is 0 Å². The standard InChI is InChI=1S/C35H32ClNO3/c1-34(2,3)40-33-21-26(12-9-24-7-5-4-6-8-24)31-22-29(17-20-32(31)37-33)35(39,28-15-18-30(36)19-16-28)27-13-10-25(23-38)11-14-27/h4-22,38-39H,23H2,1-3H3. The second-order valence-electron chi connectivity index (χ2n) is 10.8. The van der Waals surface area contributed by atoms with E-state index in [1.165, 1.54) is 0 Å². The first-order valence-electron chi connectivity index (χ1n) is 13.2. The number of fused-ring (bicyclic) bond motifs is 1. The summed E-state index contributed by atoms with van der Waals surface area (Å²) < 4.78 is 6.14. The number of pyridine rings is 1. The van der Waals surface area contributed by atoms with E-state index in [1.807, 2.05) is 112 Å². The van der Waals surface area contributed by atoms with E-state index < -0.39 is 11.2 Å². The minimum absolute atomic E-state index is 0.0720. The zero-order valence-electron chi connectivity index (χ0n) is 22.8. The molecular weight excluding hydrogens is 518 g/mol. The molecule has 5 aromatic rings. The Morgan fingerprint density at radius 3 is 2.02 bits per heavy atom. The van der Waals surface area contributed by atoms with Crippen molar-refractivity contribution in [3.63, 3.8) is 0 Å². The number of aliphatic hydroxyl groups excluding tert-OH is 1. The first-order valence-corrected chi connectivity index (χ1v) is 13.6. The minimum Gasteiger partial charge on any atom is -0.472 e. The molecule has 0 fully saturated rings. The quantitative estimate of drug-likeness (QED) is 0.202. The van der Waals surface area contributed by atoms with Crippen molar-refractivity contribution >= 4 is 34.7 Å². The van der Waals surface area contributed by atoms with Crippen LogP contribution >= 0.6 is 11.6 Å². The number of nitrogens with zero attached hydrogens (tertiary/aromatic N) is 1. The van der Waals surface area contributed by atoms with Crippen LogP contribution < -0.4 is 4.74 Å². The predicted molar refractivity (Wildman–Crippen MR) is 163 cm³/mol. The maximum Gasteiger partial charge on any atom is 0.214 e. The van der Waals surface area contributed by atoms with Crippen molar-refractivity contribution in [2.24, 2.45) is 0 Å². The van der Waals surface area contributed by atoms with E-state index in [4.69, 9.17) is 21.3 Å². The third-order valence-corrected chi connectivity index (χ3v) is 6.97. The van der Waals surface area contributed by atoms with Gasteiger partial charge in [-0.1, -0.05) is 96.5 Å². The number of benzene rings is 4. The molecule has 1 atom stereocenters. The first-order chi connectivity index (χ1) is 19.2. The van der Waals surface area contributed by atoms with Crippen molar-refractivity contribution in [2.45, 2.75) is 38.6 Å². The lowest BCUT2D eigenvalue weighted by atomic mass is 9.79. The maximum atomic E-state index is 12.5. The Labute approximate surface area is 240 Å². The molecule has 2 N–H and O–H groups in total. The van der Waals surface area contributed by atoms with Crippen LogP contribution in [0.2, 0.25) is 5.02 Å². The molecule has 0 spiro atoms. The van der Waals surface area contributed by atoms with E-state index in [1.54, 1.807) is 12.1 Å². The van der Waals surface area contributed by atoms with Gasteiger partial charge in [-0.15, -0.1) is 0 Å². The summed E-state index contributed by atoms with van der Waals surface area (Å²) in [6.45, 7) is 5.92. The summed E-state index contributed by atoms with van der Waals surface area (Å²) in [5.74, 6) is 0.535. The number of aromatic nitrogens is 1. The molecule has 5 heteroatoms. The van der Waals surface area contributed by atoms with Crippen LogP contribution in [0.15, 0.2) is 103 Å². The van der Waals surface area contributed by atoms with Gasteiger partial charge >= 0.3 is 0 Å². The van der Waals surface area contributed by atoms with E-state index in [2.05, 4.69) is 12.2 Å². The molecule has 0 bridgehead atoms. The average Bonchev–Trinajstić information content (AvgIpc) is 2.95. The lowest BCUT2D eigenvalue weighted by molar-refractivity contribution is 0.124. The van der Waals surface area contributed by atoms with Crippen LogP contribution in [0.3, 0.4) is 0 Å². The third kappa shape index (κ3) is 5.95. The molecular formula is C35H32ClNO3. The molecule has 0 aliphatic carbocycles. The molecule has 4 nitrogen and oxygen atoms in total. The molecule has 1 unspecified atom stereocenters. The van der Waals surface area contributed by atoms with Crippen LogP contribution in [0.4, 0.5) is 0 Å². The highest BCUT2D eigenvalue weighted by Gasteiger charge is 2.34. The lowest BCUT2D eigenvalue weighted by Crippen LogP contribution is -2.29. The Kier molecular flexibility index (Phi) is 7.77. The largest absolute Gasteiger partial charge is 0.472 e. The highest BCUT2D eigenvalue weighted by atomic mass is 35.5. The van der Waals surface area contributed by atoms with E-state index in [0.29, 0.717) is 27.6 Å². The summed E-state index contributed by atoms with van der Waals surface area (Å²) >= 11 is 6.20. The number of rotatable bonds is 7. The number of ether oxygens (including phenoxy) is 1. The fourth-order valence-electron chi connectivity index (χ4n) is 4.75. The van der Waals surface area contributed by atoms with Gasteiger partial charge < -0.3 is 14.9 Å². The molecule has 0 saturated heterocycles. The molecule has 0 saturated carbocycles. The smallest absolute Gasteiger partial charge is 0.214 e. The fourth-order valence-corrected chi connectivity index (χ4v) is 4.87. The van der Waals surface area contributed by atoms with Gasteiger partial charge in [0.1, 0.15) is 11.2 Å². The zero-order chi connectivity index (χ0) is 28.3. The van der Waals surface area contributed by atoms with Crippen LogP contribution in [0.25, 0.3) is 23.1 Å². The summed E-state index contributed by atoms with van der Waals surface area (Å²) in [4.78, 5) is 4.80. The molecule has 5 rings (SSSR count). The molecule has 4 aromatic carbocycles. The molecule has 40 heavy (non-hydrogen) atoms. The summed E-state index contributed by atoms with van der Waals surface area (Å²) in [5, 5.41) is 23.5. The second-order valence-corrected chi connectivity index (χ2v) is 11.2. The Morgan fingerprint density at radius 1 is 0.775 bits per heavy atom. The maximum absolute atomic E-state index is 12.5. The van der Waals surface area contributed by atoms with Crippen LogP contribution in [0.5, 0.6) is 5.88 Å². The van der Waals surface area contributed by atoms with Crippen molar-refractivity contribution in [1.29, 1.82) is 0 Å². The first kappa shape index (κ1) is 27.6. The fraction of sp³-hybridized carbons (Fsp3) is 0.171. The lowest BCUT2D eigenvalue weighted by Gasteiger charge is -2.31. The number of hydrogen-bond acceptors (Lipinski definition) is 4. The summed E-state index contributed by atoms with van der Waals surface area (Å²) in [7, 11) is 0. The molecule has 0 aliphatic rings. The Balaban J connectivity index is 1.71. The van der Waals surface area contributed by atoms with Gasteiger partial charge in [0.25, 0.3) is 0 Å². The molecule has 0 amide bonds. The number of halogens is 1. The Morgan fingerprint density at radius 2 is 1.40 bits per heavy atom. The van der Waals surface area contributed by atoms with Crippen LogP contribution in [0.1, 0.15) is 54.2 Å². The van der Waals surface area contributed by atoms with Gasteiger partial charge in [-0.3, -0.25) is 0 Å². The van der Waals surface area contributed by atoms with E-state index in [0.717, 1.165) is 27.6 Å². The second kappa shape index (κ2) is 11.3. The molecule has 1 aromatic heterocycles. The molecule has 202 valence electrons. The van der Waals surface area contributed by atoms with E-state index in [9.17, 15) is 10.2 Å². The number of aliphatic hydroxyl groups is 2. The van der Waals surface area contributed by atoms with Crippen LogP contribution in [-0.2, 0) is 12.2 Å². The van der Waals surface area contributed by atoms with Gasteiger partial charge in [0.15, 0.2) is 0 Å². The van der Waals surface area contributed by atoms with Gasteiger partial charge in [-0.05, 0) is 78.4 Å². The monoisotopic (exact) mass is 549 g/mol. The average molecular weight is 550 g/mol. The van der Waals surface area contributed by atoms with E-state index in [-0.39, 0.29) is 6.61 Å². The van der Waals surface area contributed by atoms with Gasteiger partial charge in [0.2, 0.25) is 5.88 Å². The highest BCUT2D eigenvalue weighted by Crippen LogP contribution is 2.39. The number of hydrogen-bond donors (Lipinski definition) is 2. The zero-order valence-corrected chi connectivity index (χ0v) is 23.6. The third-order valence-electron chi connectivity index (χ3n) is 6.72. The summed E-state index contributed by atoms with van der Waals surface area (Å²) in [6.07, 6.45) is 4.11. The van der Waals surface area contributed by atoms with Gasteiger partial charge in [-0.25, -0.2) is 4.98 Å². The Hall–Kier alpha value is -3.96. The van der Waals surface area contributed by atoms with Crippen molar-refractivity contribution in [2.75, 3.05) is 0 Å². The normalized spacial score (nSPS) is 13.4. The highest BCUT2D eigenvalue weighted by molar-refractivity contribution is 6.30. The predicted octanol–water partition coefficient (Wildman–Crippen LogP) is 8.01. The van der Waals surface area contributed by atoms with Crippen LogP contribution in [-0.4, -0.2) is 20.8 Å². The minimum atomic E-state index is -1.48. The molecule has 0 aliphatic heterocycles. The van der Waals surface area contributed by atoms with Crippen molar-refractivity contribution in [1.82, 2.24) is 4.98 Å². The Bertz CT molecular complexity index is 1640. The molecule has 0 radical (unpaired) electrons. The van der Waals surface area contributed by atoms with Gasteiger partial charge in [0.05, 0.1) is 12.1 Å². The van der Waals surface area contributed by atoms with Crippen molar-refractivity contribution < 1.29 is 14.9 Å². The van der Waals surface area contributed by atoms with Crippen LogP contribution in [0, 0.1) is 0 Å². The van der Waals surface area contributed by atoms with Gasteiger partial charge in [0, 0.05) is 16.5 Å². The summed E-state index contributed by atoms with van der Waals surface area (Å²) in [5.41, 5.74) is 3.66. The van der Waals surface area contributed by atoms with Crippen molar-refractivity contribution in [3.8, 4) is 5.88 Å². The topological polar surface area (TPSA) is 62.6 Å². The van der Waals surface area contributed by atoms with Crippen molar-refractivity contribution in [3.05, 3.63) is 142 Å². The summed E-state index contributed by atoms with van der Waals surface area (Å²) in [6, 6.07) is 32.4. The SMILES string of the molecule is CC(C)(C)Oc1cc(C=Cc2ccccc2)c2cc(C(O)(c3ccc(Cl)cc3)c3ccc(CO)cc3)ccc2n1.